The highest BCUT2D eigenvalue weighted by Crippen LogP contribution is 2.63. The van der Waals surface area contributed by atoms with Gasteiger partial charge in [0.15, 0.2) is 11.5 Å². The summed E-state index contributed by atoms with van der Waals surface area (Å²) in [6.07, 6.45) is 8.24. The van der Waals surface area contributed by atoms with E-state index in [1.807, 2.05) is 46.0 Å². The first kappa shape index (κ1) is 21.9. The lowest BCUT2D eigenvalue weighted by Crippen LogP contribution is -2.74. The summed E-state index contributed by atoms with van der Waals surface area (Å²) < 4.78 is 8.45. The van der Waals surface area contributed by atoms with Crippen LogP contribution in [0.5, 0.6) is 11.5 Å². The predicted octanol–water partition coefficient (Wildman–Crippen LogP) is 2.29. The number of hydrogen-bond acceptors (Lipinski definition) is 6. The quantitative estimate of drug-likeness (QED) is 0.571. The molecule has 4 atom stereocenters. The maximum Gasteiger partial charge on any atom is 0.228 e. The highest BCUT2D eigenvalue weighted by molar-refractivity contribution is 5.79. The van der Waals surface area contributed by atoms with Crippen LogP contribution in [0.3, 0.4) is 0 Å². The Labute approximate surface area is 215 Å². The van der Waals surface area contributed by atoms with Gasteiger partial charge < -0.3 is 24.3 Å². The van der Waals surface area contributed by atoms with Crippen molar-refractivity contribution in [1.82, 2.24) is 19.2 Å². The SMILES string of the molecule is O=C(Cc1cn2ccccc2n1)N1CC[C@@]2(O)[C@H]3Cc4ccc(O)c5c4[C@@]2(CCN3CC2CC2)[C@H](C1)O5. The third kappa shape index (κ3) is 2.97. The van der Waals surface area contributed by atoms with Crippen LogP contribution >= 0.6 is 0 Å². The second-order valence-corrected chi connectivity index (χ2v) is 11.8. The number of amides is 1. The Morgan fingerprint density at radius 1 is 1.16 bits per heavy atom. The molecule has 2 aliphatic carbocycles. The van der Waals surface area contributed by atoms with Crippen molar-refractivity contribution in [2.75, 3.05) is 26.2 Å². The minimum Gasteiger partial charge on any atom is -0.504 e. The zero-order chi connectivity index (χ0) is 24.9. The van der Waals surface area contributed by atoms with Gasteiger partial charge in [-0.1, -0.05) is 12.1 Å². The van der Waals surface area contributed by atoms with Crippen LogP contribution in [0, 0.1) is 5.92 Å². The van der Waals surface area contributed by atoms with Gasteiger partial charge in [-0.2, -0.15) is 0 Å². The van der Waals surface area contributed by atoms with Crippen molar-refractivity contribution >= 4 is 11.6 Å². The van der Waals surface area contributed by atoms with Crippen LogP contribution in [-0.2, 0) is 23.1 Å². The number of imidazole rings is 1. The van der Waals surface area contributed by atoms with E-state index in [1.165, 1.54) is 18.4 Å². The number of pyridine rings is 1. The number of benzene rings is 1. The number of fused-ring (bicyclic) bond motifs is 1. The topological polar surface area (TPSA) is 90.5 Å². The van der Waals surface area contributed by atoms with Gasteiger partial charge in [-0.15, -0.1) is 0 Å². The van der Waals surface area contributed by atoms with Crippen molar-refractivity contribution in [1.29, 1.82) is 0 Å². The summed E-state index contributed by atoms with van der Waals surface area (Å²) in [7, 11) is 0. The first-order valence-corrected chi connectivity index (χ1v) is 13.6. The van der Waals surface area contributed by atoms with E-state index in [2.05, 4.69) is 9.88 Å². The molecule has 3 fully saturated rings. The normalized spacial score (nSPS) is 32.2. The van der Waals surface area contributed by atoms with Gasteiger partial charge in [0.2, 0.25) is 5.91 Å². The summed E-state index contributed by atoms with van der Waals surface area (Å²) in [6, 6.07) is 9.55. The van der Waals surface area contributed by atoms with Gasteiger partial charge in [-0.05, 0) is 68.3 Å². The molecule has 2 saturated heterocycles. The van der Waals surface area contributed by atoms with Crippen LogP contribution in [0.25, 0.3) is 5.65 Å². The number of phenols is 1. The number of ether oxygens (including phenoxy) is 1. The minimum atomic E-state index is -1.02. The average molecular weight is 501 g/mol. The maximum absolute atomic E-state index is 13.6. The molecule has 8 nitrogen and oxygen atoms in total. The molecule has 1 amide bonds. The number of carbonyl (C=O) groups excluding carboxylic acids is 1. The monoisotopic (exact) mass is 500 g/mol. The molecule has 8 heteroatoms. The number of piperidine rings is 1. The molecule has 2 aromatic heterocycles. The fraction of sp³-hybridized carbons (Fsp3) is 0.517. The minimum absolute atomic E-state index is 0.00422. The number of aromatic hydroxyl groups is 1. The molecule has 1 aromatic carbocycles. The van der Waals surface area contributed by atoms with E-state index in [4.69, 9.17) is 4.74 Å². The molecular weight excluding hydrogens is 468 g/mol. The Morgan fingerprint density at radius 2 is 2.05 bits per heavy atom. The van der Waals surface area contributed by atoms with E-state index in [0.717, 1.165) is 48.8 Å². The molecule has 2 N–H and O–H groups in total. The van der Waals surface area contributed by atoms with Gasteiger partial charge in [0, 0.05) is 37.1 Å². The zero-order valence-corrected chi connectivity index (χ0v) is 20.8. The smallest absolute Gasteiger partial charge is 0.228 e. The van der Waals surface area contributed by atoms with Crippen molar-refractivity contribution in [3.8, 4) is 11.5 Å². The number of phenolic OH excluding ortho intramolecular Hbond substituents is 1. The van der Waals surface area contributed by atoms with Crippen molar-refractivity contribution in [2.24, 2.45) is 5.92 Å². The predicted molar refractivity (Wildman–Crippen MR) is 136 cm³/mol. The Morgan fingerprint density at radius 3 is 2.89 bits per heavy atom. The molecule has 8 rings (SSSR count). The summed E-state index contributed by atoms with van der Waals surface area (Å²) in [5.41, 5.74) is 2.10. The molecular formula is C29H32N4O4. The van der Waals surface area contributed by atoms with Crippen LogP contribution in [0.15, 0.2) is 42.7 Å². The van der Waals surface area contributed by atoms with Gasteiger partial charge in [0.05, 0.1) is 29.7 Å². The van der Waals surface area contributed by atoms with Crippen LogP contribution in [0.2, 0.25) is 0 Å². The molecule has 1 saturated carbocycles. The highest BCUT2D eigenvalue weighted by Gasteiger charge is 2.71. The van der Waals surface area contributed by atoms with E-state index in [1.54, 1.807) is 6.07 Å². The molecule has 0 radical (unpaired) electrons. The average Bonchev–Trinajstić information content (AvgIpc) is 3.53. The largest absolute Gasteiger partial charge is 0.504 e. The molecule has 192 valence electrons. The van der Waals surface area contributed by atoms with Crippen molar-refractivity contribution in [3.63, 3.8) is 0 Å². The molecule has 2 bridgehead atoms. The number of aliphatic hydroxyl groups is 1. The van der Waals surface area contributed by atoms with Crippen molar-refractivity contribution in [2.45, 2.75) is 61.7 Å². The van der Waals surface area contributed by atoms with Gasteiger partial charge in [0.25, 0.3) is 0 Å². The Hall–Kier alpha value is -3.10. The Balaban J connectivity index is 1.16. The Kier molecular flexibility index (Phi) is 4.43. The van der Waals surface area contributed by atoms with Crippen LogP contribution < -0.4 is 4.74 Å². The third-order valence-corrected chi connectivity index (χ3v) is 9.89. The van der Waals surface area contributed by atoms with E-state index in [-0.39, 0.29) is 24.1 Å². The first-order valence-electron chi connectivity index (χ1n) is 13.6. The molecule has 37 heavy (non-hydrogen) atoms. The van der Waals surface area contributed by atoms with Gasteiger partial charge in [0.1, 0.15) is 11.8 Å². The summed E-state index contributed by atoms with van der Waals surface area (Å²) in [5.74, 6) is 1.38. The molecule has 3 aliphatic heterocycles. The maximum atomic E-state index is 13.6. The first-order chi connectivity index (χ1) is 18.0. The molecule has 3 aromatic rings. The van der Waals surface area contributed by atoms with Gasteiger partial charge in [-0.3, -0.25) is 9.69 Å². The van der Waals surface area contributed by atoms with Crippen molar-refractivity contribution < 1.29 is 19.7 Å². The number of likely N-dealkylation sites (tertiary alicyclic amines) is 2. The molecule has 1 spiro atoms. The van der Waals surface area contributed by atoms with Gasteiger partial charge in [-0.25, -0.2) is 4.98 Å². The van der Waals surface area contributed by atoms with Crippen LogP contribution in [0.1, 0.15) is 42.5 Å². The lowest BCUT2D eigenvalue weighted by Gasteiger charge is -2.60. The number of hydrogen-bond donors (Lipinski definition) is 2. The number of aromatic nitrogens is 2. The van der Waals surface area contributed by atoms with E-state index in [0.29, 0.717) is 25.3 Å². The Bertz CT molecular complexity index is 1400. The lowest BCUT2D eigenvalue weighted by molar-refractivity contribution is -0.162. The number of rotatable bonds is 4. The molecule has 5 heterocycles. The summed E-state index contributed by atoms with van der Waals surface area (Å²) in [5, 5.41) is 23.5. The van der Waals surface area contributed by atoms with Gasteiger partial charge >= 0.3 is 0 Å². The fourth-order valence-corrected chi connectivity index (χ4v) is 7.97. The lowest BCUT2D eigenvalue weighted by atomic mass is 9.52. The van der Waals surface area contributed by atoms with Crippen molar-refractivity contribution in [3.05, 3.63) is 59.5 Å². The van der Waals surface area contributed by atoms with E-state index in [9.17, 15) is 15.0 Å². The second-order valence-electron chi connectivity index (χ2n) is 11.8. The highest BCUT2D eigenvalue weighted by atomic mass is 16.5. The van der Waals surface area contributed by atoms with E-state index < -0.39 is 17.1 Å². The standard InChI is InChI=1S/C29H32N4O4/c34-21-7-6-19-13-22-29(36)9-12-33(25(35)14-20-16-32-10-2-1-3-24(32)30-20)17-23-28(29,26(19)27(21)37-23)8-11-31(22)15-18-4-5-18/h1-3,6-7,10,16,18,22-23,34,36H,4-5,8-9,11-15,17H2/t22-,23+,28-,29-/m1/s1. The summed E-state index contributed by atoms with van der Waals surface area (Å²) >= 11 is 0. The number of nitrogens with zero attached hydrogens (tertiary/aromatic N) is 4. The number of carbonyl (C=O) groups is 1. The molecule has 0 unspecified atom stereocenters. The van der Waals surface area contributed by atoms with Crippen LogP contribution in [0.4, 0.5) is 0 Å². The summed E-state index contributed by atoms with van der Waals surface area (Å²) in [6.45, 7) is 2.83. The fourth-order valence-electron chi connectivity index (χ4n) is 7.97. The van der Waals surface area contributed by atoms with E-state index >= 15 is 0 Å². The van der Waals surface area contributed by atoms with Crippen LogP contribution in [-0.4, -0.2) is 79.2 Å². The summed E-state index contributed by atoms with van der Waals surface area (Å²) in [4.78, 5) is 22.6. The zero-order valence-electron chi connectivity index (χ0n) is 20.8. The second kappa shape index (κ2) is 7.48. The molecule has 5 aliphatic rings. The third-order valence-electron chi connectivity index (χ3n) is 9.89.